The van der Waals surface area contributed by atoms with Gasteiger partial charge in [-0.3, -0.25) is 4.99 Å². The lowest BCUT2D eigenvalue weighted by atomic mass is 10.0. The largest absolute Gasteiger partial charge is 0.353 e. The Morgan fingerprint density at radius 3 is 2.79 bits per heavy atom. The lowest BCUT2D eigenvalue weighted by Crippen LogP contribution is -2.45. The third-order valence-corrected chi connectivity index (χ3v) is 5.49. The van der Waals surface area contributed by atoms with Crippen molar-refractivity contribution in [1.29, 1.82) is 0 Å². The maximum absolute atomic E-state index is 14.0. The van der Waals surface area contributed by atoms with E-state index < -0.39 is 0 Å². The Labute approximate surface area is 182 Å². The molecular weight excluding hydrogens is 468 g/mol. The summed E-state index contributed by atoms with van der Waals surface area (Å²) in [6, 6.07) is 12.3. The van der Waals surface area contributed by atoms with Crippen molar-refractivity contribution in [3.63, 3.8) is 0 Å². The number of rotatable bonds is 4. The first-order valence-corrected chi connectivity index (χ1v) is 9.56. The normalized spacial score (nSPS) is 23.9. The third kappa shape index (κ3) is 4.56. The molecule has 0 radical (unpaired) electrons. The van der Waals surface area contributed by atoms with Crippen molar-refractivity contribution in [2.75, 3.05) is 25.0 Å². The van der Waals surface area contributed by atoms with Crippen LogP contribution in [0.15, 0.2) is 47.6 Å². The van der Waals surface area contributed by atoms with Gasteiger partial charge in [-0.05, 0) is 43.0 Å². The first-order chi connectivity index (χ1) is 13.2. The minimum absolute atomic E-state index is 0. The summed E-state index contributed by atoms with van der Waals surface area (Å²) in [6.45, 7) is 3.68. The molecule has 5 nitrogen and oxygen atoms in total. The standard InChI is InChI=1S/C21H26FN5.HI/c1-14-6-3-4-7-16(14)17-12-19(17)26-21(23-2)25-15-9-11-27(13-15)20-18(22)8-5-10-24-20;/h3-8,10,15,17,19H,9,11-13H2,1-2H3,(H2,23,25,26);1H. The van der Waals surface area contributed by atoms with Gasteiger partial charge in [0.1, 0.15) is 0 Å². The molecule has 28 heavy (non-hydrogen) atoms. The van der Waals surface area contributed by atoms with E-state index in [1.54, 1.807) is 19.3 Å². The van der Waals surface area contributed by atoms with Crippen LogP contribution < -0.4 is 15.5 Å². The number of halogens is 2. The van der Waals surface area contributed by atoms with E-state index >= 15 is 0 Å². The molecule has 0 bridgehead atoms. The number of guanidine groups is 1. The molecule has 1 aliphatic carbocycles. The number of aliphatic imine (C=N–C) groups is 1. The highest BCUT2D eigenvalue weighted by atomic mass is 127. The summed E-state index contributed by atoms with van der Waals surface area (Å²) >= 11 is 0. The minimum atomic E-state index is -0.264. The van der Waals surface area contributed by atoms with Gasteiger partial charge in [0.2, 0.25) is 0 Å². The summed E-state index contributed by atoms with van der Waals surface area (Å²) in [5, 5.41) is 7.03. The lowest BCUT2D eigenvalue weighted by molar-refractivity contribution is 0.612. The Balaban J connectivity index is 0.00000225. The average molecular weight is 495 g/mol. The minimum Gasteiger partial charge on any atom is -0.353 e. The number of hydrogen-bond donors (Lipinski definition) is 2. The van der Waals surface area contributed by atoms with E-state index in [-0.39, 0.29) is 35.8 Å². The molecule has 2 aliphatic rings. The van der Waals surface area contributed by atoms with Crippen LogP contribution in [0, 0.1) is 12.7 Å². The van der Waals surface area contributed by atoms with Crippen molar-refractivity contribution < 1.29 is 4.39 Å². The zero-order valence-corrected chi connectivity index (χ0v) is 18.6. The molecule has 3 unspecified atom stereocenters. The van der Waals surface area contributed by atoms with E-state index in [0.29, 0.717) is 17.8 Å². The first kappa shape index (κ1) is 20.8. The van der Waals surface area contributed by atoms with E-state index in [1.165, 1.54) is 17.2 Å². The fourth-order valence-electron chi connectivity index (χ4n) is 3.92. The summed E-state index contributed by atoms with van der Waals surface area (Å²) in [5.74, 6) is 1.54. The van der Waals surface area contributed by atoms with Crippen LogP contribution in [0.1, 0.15) is 29.9 Å². The predicted molar refractivity (Wildman–Crippen MR) is 122 cm³/mol. The summed E-state index contributed by atoms with van der Waals surface area (Å²) in [4.78, 5) is 10.6. The van der Waals surface area contributed by atoms with Crippen LogP contribution in [0.25, 0.3) is 0 Å². The van der Waals surface area contributed by atoms with Crippen LogP contribution in [-0.4, -0.2) is 43.2 Å². The summed E-state index contributed by atoms with van der Waals surface area (Å²) in [6.07, 6.45) is 3.70. The van der Waals surface area contributed by atoms with Gasteiger partial charge >= 0.3 is 0 Å². The molecule has 2 N–H and O–H groups in total. The van der Waals surface area contributed by atoms with E-state index in [2.05, 4.69) is 51.8 Å². The Hall–Kier alpha value is -1.90. The topological polar surface area (TPSA) is 52.6 Å². The molecule has 0 amide bonds. The molecule has 4 rings (SSSR count). The second-order valence-electron chi connectivity index (χ2n) is 7.41. The Kier molecular flexibility index (Phi) is 6.74. The van der Waals surface area contributed by atoms with E-state index in [9.17, 15) is 4.39 Å². The van der Waals surface area contributed by atoms with E-state index in [4.69, 9.17) is 0 Å². The van der Waals surface area contributed by atoms with Gasteiger partial charge < -0.3 is 15.5 Å². The molecule has 2 aromatic rings. The van der Waals surface area contributed by atoms with Crippen LogP contribution in [-0.2, 0) is 0 Å². The molecule has 0 spiro atoms. The zero-order valence-electron chi connectivity index (χ0n) is 16.2. The molecule has 2 fully saturated rings. The number of nitrogens with one attached hydrogen (secondary N) is 2. The SMILES string of the molecule is CN=C(NC1CCN(c2ncccc2F)C1)NC1CC1c1ccccc1C.I. The molecule has 2 heterocycles. The van der Waals surface area contributed by atoms with Crippen molar-refractivity contribution in [3.05, 3.63) is 59.5 Å². The molecule has 1 aromatic heterocycles. The smallest absolute Gasteiger partial charge is 0.191 e. The zero-order chi connectivity index (χ0) is 18.8. The van der Waals surface area contributed by atoms with Gasteiger partial charge in [0.15, 0.2) is 17.6 Å². The van der Waals surface area contributed by atoms with Crippen molar-refractivity contribution >= 4 is 35.8 Å². The number of aryl methyl sites for hydroxylation is 1. The molecule has 3 atom stereocenters. The summed E-state index contributed by atoms with van der Waals surface area (Å²) < 4.78 is 14.0. The van der Waals surface area contributed by atoms with Crippen LogP contribution >= 0.6 is 24.0 Å². The molecule has 150 valence electrons. The number of pyridine rings is 1. The van der Waals surface area contributed by atoms with Gasteiger partial charge in [0.05, 0.1) is 0 Å². The van der Waals surface area contributed by atoms with Crippen LogP contribution in [0.2, 0.25) is 0 Å². The molecule has 1 saturated heterocycles. The number of hydrogen-bond acceptors (Lipinski definition) is 3. The Bertz CT molecular complexity index is 843. The first-order valence-electron chi connectivity index (χ1n) is 9.56. The van der Waals surface area contributed by atoms with Crippen molar-refractivity contribution in [2.24, 2.45) is 4.99 Å². The number of benzene rings is 1. The third-order valence-electron chi connectivity index (χ3n) is 5.49. The maximum atomic E-state index is 14.0. The molecule has 7 heteroatoms. The van der Waals surface area contributed by atoms with Crippen LogP contribution in [0.4, 0.5) is 10.2 Å². The lowest BCUT2D eigenvalue weighted by Gasteiger charge is -2.20. The van der Waals surface area contributed by atoms with Crippen LogP contribution in [0.3, 0.4) is 0 Å². The van der Waals surface area contributed by atoms with Gasteiger partial charge in [-0.25, -0.2) is 9.37 Å². The summed E-state index contributed by atoms with van der Waals surface area (Å²) in [5.41, 5.74) is 2.77. The van der Waals surface area contributed by atoms with Gasteiger partial charge in [-0.2, -0.15) is 0 Å². The second kappa shape index (κ2) is 9.07. The monoisotopic (exact) mass is 495 g/mol. The van der Waals surface area contributed by atoms with E-state index in [1.807, 2.05) is 4.90 Å². The molecule has 1 aliphatic heterocycles. The highest BCUT2D eigenvalue weighted by Crippen LogP contribution is 2.42. The van der Waals surface area contributed by atoms with Crippen molar-refractivity contribution in [1.82, 2.24) is 15.6 Å². The molecular formula is C21H27FIN5. The summed E-state index contributed by atoms with van der Waals surface area (Å²) in [7, 11) is 1.80. The fourth-order valence-corrected chi connectivity index (χ4v) is 3.92. The highest BCUT2D eigenvalue weighted by molar-refractivity contribution is 14.0. The van der Waals surface area contributed by atoms with Gasteiger partial charge in [0, 0.05) is 44.3 Å². The van der Waals surface area contributed by atoms with Gasteiger partial charge in [0.25, 0.3) is 0 Å². The van der Waals surface area contributed by atoms with Gasteiger partial charge in [-0.15, -0.1) is 24.0 Å². The molecule has 1 saturated carbocycles. The predicted octanol–water partition coefficient (Wildman–Crippen LogP) is 3.45. The quantitative estimate of drug-likeness (QED) is 0.388. The van der Waals surface area contributed by atoms with E-state index in [0.717, 1.165) is 31.9 Å². The number of aromatic nitrogens is 1. The Morgan fingerprint density at radius 1 is 1.21 bits per heavy atom. The molecule has 1 aromatic carbocycles. The van der Waals surface area contributed by atoms with Gasteiger partial charge in [-0.1, -0.05) is 24.3 Å². The number of nitrogens with zero attached hydrogens (tertiary/aromatic N) is 3. The number of anilines is 1. The maximum Gasteiger partial charge on any atom is 0.191 e. The Morgan fingerprint density at radius 2 is 2.04 bits per heavy atom. The average Bonchev–Trinajstić information content (AvgIpc) is 3.28. The van der Waals surface area contributed by atoms with Crippen molar-refractivity contribution in [2.45, 2.75) is 37.8 Å². The van der Waals surface area contributed by atoms with Crippen molar-refractivity contribution in [3.8, 4) is 0 Å². The highest BCUT2D eigenvalue weighted by Gasteiger charge is 2.40. The fraction of sp³-hybridized carbons (Fsp3) is 0.429. The second-order valence-corrected chi connectivity index (χ2v) is 7.41. The van der Waals surface area contributed by atoms with Crippen LogP contribution in [0.5, 0.6) is 0 Å².